The van der Waals surface area contributed by atoms with Gasteiger partial charge in [-0.05, 0) is 38.1 Å². The molecule has 2 heterocycles. The molecule has 0 spiro atoms. The first-order valence-corrected chi connectivity index (χ1v) is 8.76. The van der Waals surface area contributed by atoms with Crippen molar-refractivity contribution in [2.75, 3.05) is 11.9 Å². The summed E-state index contributed by atoms with van der Waals surface area (Å²) < 4.78 is 5.81. The number of anilines is 1. The molecule has 1 atom stereocenters. The van der Waals surface area contributed by atoms with Gasteiger partial charge in [0.05, 0.1) is 17.3 Å². The largest absolute Gasteiger partial charge is 0.485 e. The highest BCUT2D eigenvalue weighted by molar-refractivity contribution is 5.98. The van der Waals surface area contributed by atoms with E-state index in [1.807, 2.05) is 44.2 Å². The van der Waals surface area contributed by atoms with E-state index in [0.717, 1.165) is 5.69 Å². The summed E-state index contributed by atoms with van der Waals surface area (Å²) in [7, 11) is 0. The number of carbonyl (C=O) groups is 2. The first-order chi connectivity index (χ1) is 12.5. The van der Waals surface area contributed by atoms with Crippen LogP contribution in [0, 0.1) is 5.92 Å². The molecule has 1 aromatic carbocycles. The lowest BCUT2D eigenvalue weighted by molar-refractivity contribution is -0.129. The highest BCUT2D eigenvalue weighted by Gasteiger charge is 2.35. The van der Waals surface area contributed by atoms with Crippen LogP contribution < -0.4 is 10.1 Å². The second-order valence-electron chi connectivity index (χ2n) is 6.64. The summed E-state index contributed by atoms with van der Waals surface area (Å²) in [5.41, 5.74) is 1.41. The third-order valence-corrected chi connectivity index (χ3v) is 4.40. The molecule has 26 heavy (non-hydrogen) atoms. The van der Waals surface area contributed by atoms with E-state index in [0.29, 0.717) is 24.6 Å². The third-order valence-electron chi connectivity index (χ3n) is 4.40. The van der Waals surface area contributed by atoms with Gasteiger partial charge in [-0.1, -0.05) is 18.2 Å². The number of para-hydroxylation sites is 2. The Balaban J connectivity index is 1.65. The van der Waals surface area contributed by atoms with Gasteiger partial charge in [-0.25, -0.2) is 0 Å². The monoisotopic (exact) mass is 353 g/mol. The van der Waals surface area contributed by atoms with Crippen LogP contribution in [0.15, 0.2) is 48.7 Å². The average molecular weight is 353 g/mol. The van der Waals surface area contributed by atoms with Crippen LogP contribution in [-0.2, 0) is 16.2 Å². The van der Waals surface area contributed by atoms with Gasteiger partial charge in [0.15, 0.2) is 0 Å². The van der Waals surface area contributed by atoms with E-state index in [4.69, 9.17) is 4.74 Å². The second kappa shape index (κ2) is 7.99. The number of aromatic nitrogens is 1. The average Bonchev–Trinajstić information content (AvgIpc) is 3.04. The summed E-state index contributed by atoms with van der Waals surface area (Å²) in [5.74, 6) is 0.112. The van der Waals surface area contributed by atoms with E-state index in [1.54, 1.807) is 23.2 Å². The first-order valence-electron chi connectivity index (χ1n) is 8.76. The molecule has 2 aromatic rings. The molecule has 1 aliphatic heterocycles. The minimum atomic E-state index is -0.339. The number of likely N-dealkylation sites (tertiary alicyclic amines) is 1. The molecular formula is C20H23N3O3. The summed E-state index contributed by atoms with van der Waals surface area (Å²) in [6.45, 7) is 4.69. The molecule has 1 fully saturated rings. The smallest absolute Gasteiger partial charge is 0.229 e. The molecule has 0 unspecified atom stereocenters. The van der Waals surface area contributed by atoms with E-state index in [-0.39, 0.29) is 30.2 Å². The molecule has 136 valence electrons. The zero-order valence-corrected chi connectivity index (χ0v) is 15.0. The van der Waals surface area contributed by atoms with E-state index >= 15 is 0 Å². The first kappa shape index (κ1) is 17.9. The molecular weight excluding hydrogens is 330 g/mol. The Bertz CT molecular complexity index is 777. The Labute approximate surface area is 153 Å². The van der Waals surface area contributed by atoms with E-state index in [2.05, 4.69) is 10.3 Å². The van der Waals surface area contributed by atoms with E-state index in [9.17, 15) is 9.59 Å². The van der Waals surface area contributed by atoms with Crippen molar-refractivity contribution in [2.24, 2.45) is 5.92 Å². The summed E-state index contributed by atoms with van der Waals surface area (Å²) in [6, 6.07) is 13.0. The van der Waals surface area contributed by atoms with E-state index < -0.39 is 0 Å². The van der Waals surface area contributed by atoms with Crippen molar-refractivity contribution in [2.45, 2.75) is 32.9 Å². The summed E-state index contributed by atoms with van der Waals surface area (Å²) >= 11 is 0. The molecule has 1 N–H and O–H groups in total. The van der Waals surface area contributed by atoms with Crippen LogP contribution in [0.5, 0.6) is 5.75 Å². The minimum Gasteiger partial charge on any atom is -0.485 e. The van der Waals surface area contributed by atoms with Crippen LogP contribution in [-0.4, -0.2) is 34.3 Å². The van der Waals surface area contributed by atoms with Crippen LogP contribution in [0.2, 0.25) is 0 Å². The highest BCUT2D eigenvalue weighted by Crippen LogP contribution is 2.27. The van der Waals surface area contributed by atoms with Gasteiger partial charge in [-0.2, -0.15) is 0 Å². The molecule has 3 rings (SSSR count). The number of pyridine rings is 1. The molecule has 6 nitrogen and oxygen atoms in total. The third kappa shape index (κ3) is 4.20. The zero-order valence-electron chi connectivity index (χ0n) is 15.0. The minimum absolute atomic E-state index is 0.0276. The zero-order chi connectivity index (χ0) is 18.5. The Hall–Kier alpha value is -2.89. The van der Waals surface area contributed by atoms with Crippen LogP contribution in [0.3, 0.4) is 0 Å². The summed E-state index contributed by atoms with van der Waals surface area (Å²) in [6.07, 6.45) is 1.96. The molecule has 0 bridgehead atoms. The van der Waals surface area contributed by atoms with Crippen molar-refractivity contribution in [1.82, 2.24) is 9.88 Å². The number of nitrogens with zero attached hydrogens (tertiary/aromatic N) is 2. The maximum absolute atomic E-state index is 12.6. The van der Waals surface area contributed by atoms with Crippen LogP contribution in [0.1, 0.15) is 26.0 Å². The van der Waals surface area contributed by atoms with Crippen LogP contribution in [0.25, 0.3) is 0 Å². The Morgan fingerprint density at radius 2 is 2.04 bits per heavy atom. The second-order valence-corrected chi connectivity index (χ2v) is 6.64. The number of hydrogen-bond acceptors (Lipinski definition) is 4. The molecule has 1 aromatic heterocycles. The van der Waals surface area contributed by atoms with Gasteiger partial charge in [0.2, 0.25) is 11.8 Å². The Morgan fingerprint density at radius 3 is 2.73 bits per heavy atom. The summed E-state index contributed by atoms with van der Waals surface area (Å²) in [4.78, 5) is 30.6. The standard InChI is InChI=1S/C20H23N3O3/c1-14(2)23-12-15(11-19(23)24)20(25)22-17-8-3-4-9-18(17)26-13-16-7-5-6-10-21-16/h3-10,14-15H,11-13H2,1-2H3,(H,22,25)/t15-/m1/s1. The molecule has 0 aliphatic carbocycles. The van der Waals surface area contributed by atoms with Gasteiger partial charge >= 0.3 is 0 Å². The lowest BCUT2D eigenvalue weighted by atomic mass is 10.1. The molecule has 1 aliphatic rings. The Kier molecular flexibility index (Phi) is 5.51. The number of benzene rings is 1. The fourth-order valence-electron chi connectivity index (χ4n) is 2.97. The van der Waals surface area contributed by atoms with Gasteiger partial charge in [-0.15, -0.1) is 0 Å². The number of rotatable bonds is 6. The number of amides is 2. The fourth-order valence-corrected chi connectivity index (χ4v) is 2.97. The van der Waals surface area contributed by atoms with Crippen molar-refractivity contribution < 1.29 is 14.3 Å². The predicted octanol–water partition coefficient (Wildman–Crippen LogP) is 2.86. The topological polar surface area (TPSA) is 71.5 Å². The van der Waals surface area contributed by atoms with Crippen molar-refractivity contribution in [3.8, 4) is 5.75 Å². The number of hydrogen-bond donors (Lipinski definition) is 1. The lowest BCUT2D eigenvalue weighted by Gasteiger charge is -2.21. The molecule has 6 heteroatoms. The van der Waals surface area contributed by atoms with Crippen molar-refractivity contribution in [1.29, 1.82) is 0 Å². The maximum Gasteiger partial charge on any atom is 0.229 e. The van der Waals surface area contributed by atoms with Gasteiger partial charge in [0, 0.05) is 25.2 Å². The summed E-state index contributed by atoms with van der Waals surface area (Å²) in [5, 5.41) is 2.91. The van der Waals surface area contributed by atoms with Gasteiger partial charge in [-0.3, -0.25) is 14.6 Å². The van der Waals surface area contributed by atoms with Gasteiger partial charge in [0.1, 0.15) is 12.4 Å². The maximum atomic E-state index is 12.6. The van der Waals surface area contributed by atoms with Crippen LogP contribution >= 0.6 is 0 Å². The predicted molar refractivity (Wildman–Crippen MR) is 98.6 cm³/mol. The Morgan fingerprint density at radius 1 is 1.27 bits per heavy atom. The normalized spacial score (nSPS) is 16.8. The molecule has 0 radical (unpaired) electrons. The molecule has 0 saturated carbocycles. The number of carbonyl (C=O) groups excluding carboxylic acids is 2. The molecule has 2 amide bonds. The van der Waals surface area contributed by atoms with Crippen molar-refractivity contribution >= 4 is 17.5 Å². The van der Waals surface area contributed by atoms with Gasteiger partial charge in [0.25, 0.3) is 0 Å². The number of nitrogens with one attached hydrogen (secondary N) is 1. The molecule has 1 saturated heterocycles. The van der Waals surface area contributed by atoms with Crippen molar-refractivity contribution in [3.63, 3.8) is 0 Å². The number of ether oxygens (including phenoxy) is 1. The van der Waals surface area contributed by atoms with E-state index in [1.165, 1.54) is 0 Å². The van der Waals surface area contributed by atoms with Crippen LogP contribution in [0.4, 0.5) is 5.69 Å². The quantitative estimate of drug-likeness (QED) is 0.867. The lowest BCUT2D eigenvalue weighted by Crippen LogP contribution is -2.33. The SMILES string of the molecule is CC(C)N1C[C@H](C(=O)Nc2ccccc2OCc2ccccn2)CC1=O. The highest BCUT2D eigenvalue weighted by atomic mass is 16.5. The van der Waals surface area contributed by atoms with Gasteiger partial charge < -0.3 is 15.0 Å². The fraction of sp³-hybridized carbons (Fsp3) is 0.350. The van der Waals surface area contributed by atoms with Crippen molar-refractivity contribution in [3.05, 3.63) is 54.4 Å².